The summed E-state index contributed by atoms with van der Waals surface area (Å²) in [4.78, 5) is 34.2. The van der Waals surface area contributed by atoms with Crippen molar-refractivity contribution in [2.24, 2.45) is 5.92 Å². The molecule has 2 amide bonds. The van der Waals surface area contributed by atoms with Gasteiger partial charge in [0.2, 0.25) is 11.8 Å². The fraction of sp³-hybridized carbons (Fsp3) is 0.650. The van der Waals surface area contributed by atoms with Crippen LogP contribution < -0.4 is 0 Å². The van der Waals surface area contributed by atoms with Gasteiger partial charge in [-0.2, -0.15) is 0 Å². The van der Waals surface area contributed by atoms with Crippen LogP contribution in [0.2, 0.25) is 0 Å². The number of hydrogen-bond acceptors (Lipinski definition) is 4. The molecule has 2 saturated heterocycles. The number of aromatic nitrogens is 1. The Balaban J connectivity index is 1.43. The minimum atomic E-state index is -2.88. The Morgan fingerprint density at radius 2 is 1.93 bits per heavy atom. The van der Waals surface area contributed by atoms with Crippen LogP contribution in [-0.4, -0.2) is 75.7 Å². The number of carbonyl (C=O) groups excluding carboxylic acids is 2. The molecule has 152 valence electrons. The summed E-state index contributed by atoms with van der Waals surface area (Å²) in [7, 11) is 0. The number of nitrogens with zero attached hydrogens (tertiary/aromatic N) is 4. The first kappa shape index (κ1) is 19.2. The van der Waals surface area contributed by atoms with Gasteiger partial charge < -0.3 is 9.80 Å². The van der Waals surface area contributed by atoms with Gasteiger partial charge in [-0.25, -0.2) is 8.78 Å². The van der Waals surface area contributed by atoms with Crippen molar-refractivity contribution in [2.75, 3.05) is 26.2 Å². The summed E-state index contributed by atoms with van der Waals surface area (Å²) in [5.74, 6) is -2.87. The molecule has 0 N–H and O–H groups in total. The van der Waals surface area contributed by atoms with E-state index in [9.17, 15) is 18.4 Å². The molecule has 1 atom stereocenters. The standard InChI is InChI=1S/C20H26F2N4O2/c1-2-24(10-14-5-7-23-8-6-14)19(28)17-9-20(21,22)13-26(17)16-11-25(12-16)18(27)15-3-4-15/h5-8,15-17H,2-4,9-13H2,1H3/t17-/m0/s1. The Hall–Kier alpha value is -2.09. The number of amides is 2. The normalized spacial score (nSPS) is 24.8. The number of rotatable bonds is 6. The van der Waals surface area contributed by atoms with Crippen LogP contribution in [0.25, 0.3) is 0 Å². The van der Waals surface area contributed by atoms with Crippen LogP contribution in [-0.2, 0) is 16.1 Å². The lowest BCUT2D eigenvalue weighted by Crippen LogP contribution is -2.64. The molecule has 3 heterocycles. The lowest BCUT2D eigenvalue weighted by molar-refractivity contribution is -0.144. The predicted octanol–water partition coefficient (Wildman–Crippen LogP) is 1.76. The summed E-state index contributed by atoms with van der Waals surface area (Å²) in [6, 6.07) is 2.65. The number of hydrogen-bond donors (Lipinski definition) is 0. The highest BCUT2D eigenvalue weighted by molar-refractivity contribution is 5.83. The van der Waals surface area contributed by atoms with Crippen LogP contribution >= 0.6 is 0 Å². The highest BCUT2D eigenvalue weighted by Crippen LogP contribution is 2.38. The highest BCUT2D eigenvalue weighted by Gasteiger charge is 2.53. The first-order chi connectivity index (χ1) is 13.4. The quantitative estimate of drug-likeness (QED) is 0.740. The third kappa shape index (κ3) is 3.87. The van der Waals surface area contributed by atoms with Gasteiger partial charge in [-0.1, -0.05) is 0 Å². The van der Waals surface area contributed by atoms with Crippen LogP contribution in [0.1, 0.15) is 31.7 Å². The number of halogens is 2. The molecule has 1 aromatic heterocycles. The third-order valence-corrected chi connectivity index (χ3v) is 5.98. The van der Waals surface area contributed by atoms with Crippen LogP contribution in [0.4, 0.5) is 8.78 Å². The average Bonchev–Trinajstić information content (AvgIpc) is 3.43. The molecule has 28 heavy (non-hydrogen) atoms. The minimum absolute atomic E-state index is 0.134. The fourth-order valence-electron chi connectivity index (χ4n) is 4.15. The lowest BCUT2D eigenvalue weighted by Gasteiger charge is -2.46. The van der Waals surface area contributed by atoms with E-state index in [0.29, 0.717) is 26.2 Å². The number of likely N-dealkylation sites (N-methyl/N-ethyl adjacent to an activating group) is 1. The van der Waals surface area contributed by atoms with Gasteiger partial charge in [-0.05, 0) is 37.5 Å². The lowest BCUT2D eigenvalue weighted by atomic mass is 10.0. The molecule has 0 radical (unpaired) electrons. The fourth-order valence-corrected chi connectivity index (χ4v) is 4.15. The van der Waals surface area contributed by atoms with Crippen molar-refractivity contribution in [1.29, 1.82) is 0 Å². The second-order valence-electron chi connectivity index (χ2n) is 8.13. The molecule has 0 spiro atoms. The van der Waals surface area contributed by atoms with Gasteiger partial charge in [-0.15, -0.1) is 0 Å². The van der Waals surface area contributed by atoms with Crippen molar-refractivity contribution in [1.82, 2.24) is 19.7 Å². The zero-order valence-electron chi connectivity index (χ0n) is 16.1. The van der Waals surface area contributed by atoms with E-state index in [4.69, 9.17) is 0 Å². The predicted molar refractivity (Wildman–Crippen MR) is 98.5 cm³/mol. The van der Waals surface area contributed by atoms with Crippen molar-refractivity contribution >= 4 is 11.8 Å². The Morgan fingerprint density at radius 1 is 1.25 bits per heavy atom. The van der Waals surface area contributed by atoms with Gasteiger partial charge in [0.15, 0.2) is 0 Å². The summed E-state index contributed by atoms with van der Waals surface area (Å²) < 4.78 is 28.4. The van der Waals surface area contributed by atoms with Crippen LogP contribution in [0, 0.1) is 5.92 Å². The number of pyridine rings is 1. The number of alkyl halides is 2. The van der Waals surface area contributed by atoms with Gasteiger partial charge in [0.25, 0.3) is 5.92 Å². The molecule has 2 aliphatic heterocycles. The number of carbonyl (C=O) groups is 2. The molecule has 0 aromatic carbocycles. The largest absolute Gasteiger partial charge is 0.339 e. The van der Waals surface area contributed by atoms with E-state index < -0.39 is 24.9 Å². The van der Waals surface area contributed by atoms with Crippen LogP contribution in [0.15, 0.2) is 24.5 Å². The number of likely N-dealkylation sites (tertiary alicyclic amines) is 2. The van der Waals surface area contributed by atoms with Gasteiger partial charge in [0.05, 0.1) is 12.6 Å². The first-order valence-electron chi connectivity index (χ1n) is 9.98. The minimum Gasteiger partial charge on any atom is -0.339 e. The van der Waals surface area contributed by atoms with Gasteiger partial charge in [-0.3, -0.25) is 19.5 Å². The van der Waals surface area contributed by atoms with E-state index in [2.05, 4.69) is 4.98 Å². The molecule has 6 nitrogen and oxygen atoms in total. The van der Waals surface area contributed by atoms with E-state index in [1.54, 1.807) is 27.1 Å². The second-order valence-corrected chi connectivity index (χ2v) is 8.13. The third-order valence-electron chi connectivity index (χ3n) is 5.98. The van der Waals surface area contributed by atoms with Crippen LogP contribution in [0.3, 0.4) is 0 Å². The maximum absolute atomic E-state index is 14.2. The summed E-state index contributed by atoms with van der Waals surface area (Å²) in [6.07, 6.45) is 4.73. The molecule has 4 rings (SSSR count). The zero-order chi connectivity index (χ0) is 19.9. The molecule has 1 saturated carbocycles. The van der Waals surface area contributed by atoms with Crippen molar-refractivity contribution < 1.29 is 18.4 Å². The van der Waals surface area contributed by atoms with Gasteiger partial charge in [0.1, 0.15) is 0 Å². The van der Waals surface area contributed by atoms with E-state index >= 15 is 0 Å². The summed E-state index contributed by atoms with van der Waals surface area (Å²) in [6.45, 7) is 3.18. The average molecular weight is 392 g/mol. The summed E-state index contributed by atoms with van der Waals surface area (Å²) in [5, 5.41) is 0. The molecular weight excluding hydrogens is 366 g/mol. The molecule has 1 aliphatic carbocycles. The van der Waals surface area contributed by atoms with Crippen molar-refractivity contribution in [3.8, 4) is 0 Å². The molecule has 8 heteroatoms. The van der Waals surface area contributed by atoms with E-state index in [-0.39, 0.29) is 23.8 Å². The van der Waals surface area contributed by atoms with Crippen LogP contribution in [0.5, 0.6) is 0 Å². The molecule has 0 unspecified atom stereocenters. The van der Waals surface area contributed by atoms with Gasteiger partial charge >= 0.3 is 0 Å². The van der Waals surface area contributed by atoms with E-state index in [0.717, 1.165) is 18.4 Å². The molecule has 1 aromatic rings. The Bertz CT molecular complexity index is 735. The SMILES string of the molecule is CCN(Cc1ccncc1)C(=O)[C@@H]1CC(F)(F)CN1C1CN(C(=O)C2CC2)C1. The second kappa shape index (κ2) is 7.39. The molecule has 3 aliphatic rings. The molecule has 0 bridgehead atoms. The summed E-state index contributed by atoms with van der Waals surface area (Å²) in [5.41, 5.74) is 0.923. The smallest absolute Gasteiger partial charge is 0.262 e. The Morgan fingerprint density at radius 3 is 2.54 bits per heavy atom. The first-order valence-corrected chi connectivity index (χ1v) is 9.98. The molecular formula is C20H26F2N4O2. The zero-order valence-corrected chi connectivity index (χ0v) is 16.1. The maximum Gasteiger partial charge on any atom is 0.262 e. The Kier molecular flexibility index (Phi) is 5.07. The summed E-state index contributed by atoms with van der Waals surface area (Å²) >= 11 is 0. The maximum atomic E-state index is 14.2. The topological polar surface area (TPSA) is 56.8 Å². The molecule has 3 fully saturated rings. The van der Waals surface area contributed by atoms with Crippen molar-refractivity contribution in [3.63, 3.8) is 0 Å². The highest BCUT2D eigenvalue weighted by atomic mass is 19.3. The van der Waals surface area contributed by atoms with E-state index in [1.165, 1.54) is 0 Å². The van der Waals surface area contributed by atoms with Crippen molar-refractivity contribution in [2.45, 2.75) is 50.7 Å². The Labute approximate surface area is 163 Å². The van der Waals surface area contributed by atoms with Crippen molar-refractivity contribution in [3.05, 3.63) is 30.1 Å². The van der Waals surface area contributed by atoms with Gasteiger partial charge in [0, 0.05) is 57.0 Å². The monoisotopic (exact) mass is 392 g/mol. The van der Waals surface area contributed by atoms with E-state index in [1.807, 2.05) is 19.1 Å².